The minimum atomic E-state index is -0.539. The van der Waals surface area contributed by atoms with Gasteiger partial charge in [0, 0.05) is 12.6 Å². The zero-order chi connectivity index (χ0) is 15.3. The summed E-state index contributed by atoms with van der Waals surface area (Å²) in [5.74, 6) is 0.460. The van der Waals surface area contributed by atoms with E-state index in [9.17, 15) is 4.79 Å². The average Bonchev–Trinajstić information content (AvgIpc) is 2.86. The van der Waals surface area contributed by atoms with Crippen LogP contribution in [-0.4, -0.2) is 9.38 Å². The van der Waals surface area contributed by atoms with Crippen LogP contribution in [0.1, 0.15) is 23.6 Å². The minimum absolute atomic E-state index is 0.0420. The van der Waals surface area contributed by atoms with Gasteiger partial charge in [0.25, 0.3) is 5.56 Å². The topological polar surface area (TPSA) is 43.6 Å². The molecule has 1 aliphatic rings. The van der Waals surface area contributed by atoms with Gasteiger partial charge in [-0.25, -0.2) is 0 Å². The molecule has 0 saturated heterocycles. The third-order valence-electron chi connectivity index (χ3n) is 4.26. The Hall–Kier alpha value is -2.62. The van der Waals surface area contributed by atoms with Crippen LogP contribution in [0, 0.1) is 6.92 Å². The Morgan fingerprint density at radius 2 is 2.00 bits per heavy atom. The van der Waals surface area contributed by atoms with Crippen LogP contribution in [0.3, 0.4) is 0 Å². The molecule has 110 valence electrons. The molecule has 4 rings (SSSR count). The molecule has 0 aliphatic carbocycles. The monoisotopic (exact) mass is 292 g/mol. The molecule has 0 radical (unpaired) electrons. The van der Waals surface area contributed by atoms with Crippen LogP contribution in [0.25, 0.3) is 5.65 Å². The first kappa shape index (κ1) is 13.1. The molecule has 4 heteroatoms. The zero-order valence-corrected chi connectivity index (χ0v) is 12.5. The summed E-state index contributed by atoms with van der Waals surface area (Å²) in [6.45, 7) is 3.98. The SMILES string of the molecule is Cc1ccn2c(=O)c3c(nc2c1)OC(C)(c1ccccc1)C3. The van der Waals surface area contributed by atoms with E-state index >= 15 is 0 Å². The molecule has 0 bridgehead atoms. The quantitative estimate of drug-likeness (QED) is 0.692. The highest BCUT2D eigenvalue weighted by Crippen LogP contribution is 2.38. The van der Waals surface area contributed by atoms with Crippen molar-refractivity contribution in [2.24, 2.45) is 0 Å². The summed E-state index contributed by atoms with van der Waals surface area (Å²) in [5, 5.41) is 0. The molecule has 1 atom stereocenters. The van der Waals surface area contributed by atoms with Crippen LogP contribution in [0.2, 0.25) is 0 Å². The van der Waals surface area contributed by atoms with E-state index in [1.165, 1.54) is 0 Å². The van der Waals surface area contributed by atoms with E-state index in [-0.39, 0.29) is 5.56 Å². The van der Waals surface area contributed by atoms with Gasteiger partial charge in [-0.15, -0.1) is 0 Å². The smallest absolute Gasteiger partial charge is 0.265 e. The second-order valence-corrected chi connectivity index (χ2v) is 6.01. The minimum Gasteiger partial charge on any atom is -0.466 e. The predicted molar refractivity (Wildman–Crippen MR) is 84.3 cm³/mol. The van der Waals surface area contributed by atoms with Crippen LogP contribution >= 0.6 is 0 Å². The van der Waals surface area contributed by atoms with Gasteiger partial charge in [-0.3, -0.25) is 9.20 Å². The summed E-state index contributed by atoms with van der Waals surface area (Å²) in [6.07, 6.45) is 2.31. The summed E-state index contributed by atoms with van der Waals surface area (Å²) in [4.78, 5) is 17.2. The largest absolute Gasteiger partial charge is 0.466 e. The molecule has 1 unspecified atom stereocenters. The number of aryl methyl sites for hydroxylation is 1. The van der Waals surface area contributed by atoms with Crippen LogP contribution in [0.4, 0.5) is 0 Å². The number of rotatable bonds is 1. The van der Waals surface area contributed by atoms with Gasteiger partial charge in [0.1, 0.15) is 11.2 Å². The Morgan fingerprint density at radius 3 is 2.77 bits per heavy atom. The van der Waals surface area contributed by atoms with Gasteiger partial charge in [0.05, 0.1) is 5.56 Å². The highest BCUT2D eigenvalue weighted by atomic mass is 16.5. The number of nitrogens with zero attached hydrogens (tertiary/aromatic N) is 2. The van der Waals surface area contributed by atoms with E-state index in [1.807, 2.05) is 56.3 Å². The lowest BCUT2D eigenvalue weighted by molar-refractivity contribution is 0.111. The third-order valence-corrected chi connectivity index (χ3v) is 4.26. The molecule has 1 aromatic carbocycles. The van der Waals surface area contributed by atoms with Crippen molar-refractivity contribution in [3.8, 4) is 5.88 Å². The van der Waals surface area contributed by atoms with Crippen LogP contribution in [0.5, 0.6) is 5.88 Å². The number of ether oxygens (including phenoxy) is 1. The van der Waals surface area contributed by atoms with Crippen molar-refractivity contribution in [2.75, 3.05) is 0 Å². The van der Waals surface area contributed by atoms with Crippen molar-refractivity contribution in [1.29, 1.82) is 0 Å². The summed E-state index contributed by atoms with van der Waals surface area (Å²) < 4.78 is 7.67. The maximum Gasteiger partial charge on any atom is 0.265 e. The van der Waals surface area contributed by atoms with Crippen LogP contribution in [0.15, 0.2) is 53.5 Å². The Bertz CT molecular complexity index is 931. The van der Waals surface area contributed by atoms with E-state index in [0.717, 1.165) is 11.1 Å². The fourth-order valence-electron chi connectivity index (χ4n) is 3.03. The lowest BCUT2D eigenvalue weighted by Gasteiger charge is -2.23. The molecule has 0 saturated carbocycles. The van der Waals surface area contributed by atoms with Gasteiger partial charge in [-0.1, -0.05) is 30.3 Å². The highest BCUT2D eigenvalue weighted by molar-refractivity contribution is 5.47. The van der Waals surface area contributed by atoms with Crippen LogP contribution in [-0.2, 0) is 12.0 Å². The average molecular weight is 292 g/mol. The van der Waals surface area contributed by atoms with Crippen molar-refractivity contribution >= 4 is 5.65 Å². The van der Waals surface area contributed by atoms with Crippen molar-refractivity contribution in [3.63, 3.8) is 0 Å². The van der Waals surface area contributed by atoms with Gasteiger partial charge in [-0.05, 0) is 37.1 Å². The van der Waals surface area contributed by atoms with Gasteiger partial charge >= 0.3 is 0 Å². The van der Waals surface area contributed by atoms with Gasteiger partial charge < -0.3 is 4.74 Å². The normalized spacial score (nSPS) is 19.9. The van der Waals surface area contributed by atoms with E-state index < -0.39 is 5.60 Å². The van der Waals surface area contributed by atoms with Gasteiger partial charge in [0.2, 0.25) is 5.88 Å². The van der Waals surface area contributed by atoms with Crippen LogP contribution < -0.4 is 10.3 Å². The molecule has 0 fully saturated rings. The summed E-state index contributed by atoms with van der Waals surface area (Å²) in [5.41, 5.74) is 2.81. The molecular weight excluding hydrogens is 276 g/mol. The lowest BCUT2D eigenvalue weighted by Crippen LogP contribution is -2.27. The van der Waals surface area contributed by atoms with Crippen molar-refractivity contribution < 1.29 is 4.74 Å². The molecule has 22 heavy (non-hydrogen) atoms. The zero-order valence-electron chi connectivity index (χ0n) is 12.5. The first-order chi connectivity index (χ1) is 10.6. The Balaban J connectivity index is 1.89. The number of fused-ring (bicyclic) bond motifs is 2. The predicted octanol–water partition coefficient (Wildman–Crippen LogP) is 2.85. The Morgan fingerprint density at radius 1 is 1.23 bits per heavy atom. The van der Waals surface area contributed by atoms with Gasteiger partial charge in [-0.2, -0.15) is 4.98 Å². The number of benzene rings is 1. The van der Waals surface area contributed by atoms with Gasteiger partial charge in [0.15, 0.2) is 0 Å². The summed E-state index contributed by atoms with van der Waals surface area (Å²) in [7, 11) is 0. The molecule has 4 nitrogen and oxygen atoms in total. The van der Waals surface area contributed by atoms with Crippen molar-refractivity contribution in [3.05, 3.63) is 75.7 Å². The number of hydrogen-bond acceptors (Lipinski definition) is 3. The highest BCUT2D eigenvalue weighted by Gasteiger charge is 2.39. The summed E-state index contributed by atoms with van der Waals surface area (Å²) in [6, 6.07) is 13.8. The Labute approximate surface area is 128 Å². The molecule has 2 aromatic heterocycles. The van der Waals surface area contributed by atoms with Crippen molar-refractivity contribution in [2.45, 2.75) is 25.9 Å². The molecular formula is C18H16N2O2. The maximum atomic E-state index is 12.7. The van der Waals surface area contributed by atoms with E-state index in [1.54, 1.807) is 10.6 Å². The number of aromatic nitrogens is 2. The molecule has 0 N–H and O–H groups in total. The fraction of sp³-hybridized carbons (Fsp3) is 0.222. The van der Waals surface area contributed by atoms with E-state index in [2.05, 4.69) is 4.98 Å². The molecule has 0 spiro atoms. The third kappa shape index (κ3) is 1.84. The molecule has 0 amide bonds. The maximum absolute atomic E-state index is 12.7. The number of hydrogen-bond donors (Lipinski definition) is 0. The van der Waals surface area contributed by atoms with E-state index in [0.29, 0.717) is 23.5 Å². The molecule has 3 heterocycles. The second kappa shape index (κ2) is 4.44. The Kier molecular flexibility index (Phi) is 2.64. The molecule has 3 aromatic rings. The lowest BCUT2D eigenvalue weighted by atomic mass is 9.92. The first-order valence-electron chi connectivity index (χ1n) is 7.33. The van der Waals surface area contributed by atoms with E-state index in [4.69, 9.17) is 4.74 Å². The van der Waals surface area contributed by atoms with Crippen molar-refractivity contribution in [1.82, 2.24) is 9.38 Å². The summed E-state index contributed by atoms with van der Waals surface area (Å²) >= 11 is 0. The standard InChI is InChI=1S/C18H16N2O2/c1-12-8-9-20-15(10-12)19-16-14(17(20)21)11-18(2,22-16)13-6-4-3-5-7-13/h3-10H,11H2,1-2H3. The first-order valence-corrected chi connectivity index (χ1v) is 7.33. The molecule has 1 aliphatic heterocycles. The number of pyridine rings is 1. The second-order valence-electron chi connectivity index (χ2n) is 6.01. The fourth-order valence-corrected chi connectivity index (χ4v) is 3.03.